The van der Waals surface area contributed by atoms with E-state index in [1.807, 2.05) is 6.92 Å². The summed E-state index contributed by atoms with van der Waals surface area (Å²) < 4.78 is 22.4. The molecule has 8 heteroatoms. The predicted octanol–water partition coefficient (Wildman–Crippen LogP) is 6.02. The number of fused-ring (bicyclic) bond motifs is 1. The Morgan fingerprint density at radius 2 is 1.74 bits per heavy atom. The molecule has 3 aromatic carbocycles. The van der Waals surface area contributed by atoms with Crippen LogP contribution in [0.5, 0.6) is 17.2 Å². The number of ketones is 1. The normalized spacial score (nSPS) is 15.3. The molecule has 0 saturated carbocycles. The molecule has 0 spiro atoms. The van der Waals surface area contributed by atoms with Crippen LogP contribution in [0, 0.1) is 0 Å². The monoisotopic (exact) mass is 513 g/mol. The van der Waals surface area contributed by atoms with Crippen molar-refractivity contribution in [2.75, 3.05) is 25.7 Å². The molecule has 5 rings (SSSR count). The van der Waals surface area contributed by atoms with Gasteiger partial charge in [0.05, 0.1) is 32.4 Å². The van der Waals surface area contributed by atoms with E-state index in [2.05, 4.69) is 0 Å². The molecule has 0 radical (unpaired) electrons. The SMILES string of the molecule is CCCOc1cccc(N2C(=O)C(O)=C(C(=O)c3cc4cccc(OC)c4o3)C2c2cccc(OC)c2)c1. The minimum absolute atomic E-state index is 0.0198. The van der Waals surface area contributed by atoms with Gasteiger partial charge in [0, 0.05) is 17.1 Å². The third-order valence-corrected chi connectivity index (χ3v) is 6.38. The van der Waals surface area contributed by atoms with Gasteiger partial charge in [-0.05, 0) is 48.4 Å². The van der Waals surface area contributed by atoms with Crippen LogP contribution < -0.4 is 19.1 Å². The van der Waals surface area contributed by atoms with Gasteiger partial charge in [-0.3, -0.25) is 14.5 Å². The summed E-state index contributed by atoms with van der Waals surface area (Å²) in [6.45, 7) is 2.51. The van der Waals surface area contributed by atoms with Crippen LogP contribution in [0.3, 0.4) is 0 Å². The van der Waals surface area contributed by atoms with E-state index in [1.54, 1.807) is 72.8 Å². The molecule has 1 aromatic heterocycles. The first-order valence-corrected chi connectivity index (χ1v) is 12.2. The standard InChI is InChI=1S/C30H27NO7/c1-4-14-37-22-12-7-10-20(17-22)31-26(18-8-5-11-21(15-18)35-2)25(28(33)30(31)34)27(32)24-16-19-9-6-13-23(36-3)29(19)38-24/h5-13,15-17,26,33H,4,14H2,1-3H3. The molecular formula is C30H27NO7. The maximum absolute atomic E-state index is 13.9. The molecular weight excluding hydrogens is 486 g/mol. The molecule has 1 unspecified atom stereocenters. The lowest BCUT2D eigenvalue weighted by Gasteiger charge is -2.27. The summed E-state index contributed by atoms with van der Waals surface area (Å²) >= 11 is 0. The molecule has 1 amide bonds. The minimum Gasteiger partial charge on any atom is -0.503 e. The number of aliphatic hydroxyl groups excluding tert-OH is 1. The molecule has 4 aromatic rings. The number of rotatable bonds is 9. The summed E-state index contributed by atoms with van der Waals surface area (Å²) in [5.41, 5.74) is 1.36. The van der Waals surface area contributed by atoms with E-state index in [-0.39, 0.29) is 11.3 Å². The van der Waals surface area contributed by atoms with E-state index in [1.165, 1.54) is 19.1 Å². The van der Waals surface area contributed by atoms with Gasteiger partial charge in [0.1, 0.15) is 11.5 Å². The van der Waals surface area contributed by atoms with Crippen LogP contribution in [0.1, 0.15) is 35.5 Å². The van der Waals surface area contributed by atoms with Crippen molar-refractivity contribution in [1.82, 2.24) is 0 Å². The summed E-state index contributed by atoms with van der Waals surface area (Å²) in [5.74, 6) is -0.391. The van der Waals surface area contributed by atoms with Crippen LogP contribution in [0.25, 0.3) is 11.0 Å². The fourth-order valence-electron chi connectivity index (χ4n) is 4.62. The van der Waals surface area contributed by atoms with Crippen molar-refractivity contribution in [1.29, 1.82) is 0 Å². The molecule has 0 saturated heterocycles. The Hall–Kier alpha value is -4.72. The average Bonchev–Trinajstić information content (AvgIpc) is 3.50. The Labute approximate surface area is 219 Å². The topological polar surface area (TPSA) is 98.4 Å². The van der Waals surface area contributed by atoms with Crippen LogP contribution in [0.4, 0.5) is 5.69 Å². The van der Waals surface area contributed by atoms with E-state index >= 15 is 0 Å². The zero-order valence-electron chi connectivity index (χ0n) is 21.3. The van der Waals surface area contributed by atoms with E-state index < -0.39 is 23.5 Å². The predicted molar refractivity (Wildman–Crippen MR) is 142 cm³/mol. The van der Waals surface area contributed by atoms with E-state index in [0.717, 1.165) is 6.42 Å². The number of carbonyl (C=O) groups excluding carboxylic acids is 2. The number of furan rings is 1. The lowest BCUT2D eigenvalue weighted by atomic mass is 9.94. The number of hydrogen-bond acceptors (Lipinski definition) is 7. The van der Waals surface area contributed by atoms with Gasteiger partial charge in [-0.25, -0.2) is 0 Å². The van der Waals surface area contributed by atoms with Gasteiger partial charge in [0.25, 0.3) is 5.91 Å². The van der Waals surface area contributed by atoms with Crippen molar-refractivity contribution in [3.8, 4) is 17.2 Å². The van der Waals surface area contributed by atoms with E-state index in [0.29, 0.717) is 46.1 Å². The Morgan fingerprint density at radius 1 is 0.974 bits per heavy atom. The van der Waals surface area contributed by atoms with Crippen molar-refractivity contribution in [3.63, 3.8) is 0 Å². The van der Waals surface area contributed by atoms with Crippen molar-refractivity contribution < 1.29 is 33.3 Å². The van der Waals surface area contributed by atoms with Gasteiger partial charge < -0.3 is 23.7 Å². The first kappa shape index (κ1) is 25.0. The van der Waals surface area contributed by atoms with Gasteiger partial charge in [-0.2, -0.15) is 0 Å². The van der Waals surface area contributed by atoms with Crippen molar-refractivity contribution in [2.45, 2.75) is 19.4 Å². The molecule has 38 heavy (non-hydrogen) atoms. The van der Waals surface area contributed by atoms with Crippen molar-refractivity contribution in [2.24, 2.45) is 0 Å². The second kappa shape index (κ2) is 10.3. The van der Waals surface area contributed by atoms with Crippen molar-refractivity contribution >= 4 is 28.3 Å². The number of para-hydroxylation sites is 1. The van der Waals surface area contributed by atoms with Gasteiger partial charge in [-0.1, -0.05) is 37.3 Å². The highest BCUT2D eigenvalue weighted by molar-refractivity contribution is 6.20. The van der Waals surface area contributed by atoms with Gasteiger partial charge in [-0.15, -0.1) is 0 Å². The lowest BCUT2D eigenvalue weighted by molar-refractivity contribution is -0.117. The van der Waals surface area contributed by atoms with Crippen LogP contribution in [-0.2, 0) is 4.79 Å². The van der Waals surface area contributed by atoms with Gasteiger partial charge in [0.2, 0.25) is 5.78 Å². The highest BCUT2D eigenvalue weighted by atomic mass is 16.5. The number of anilines is 1. The summed E-state index contributed by atoms with van der Waals surface area (Å²) in [6.07, 6.45) is 0.822. The molecule has 8 nitrogen and oxygen atoms in total. The zero-order valence-corrected chi connectivity index (χ0v) is 21.3. The Morgan fingerprint density at radius 3 is 2.50 bits per heavy atom. The number of nitrogens with zero attached hydrogens (tertiary/aromatic N) is 1. The van der Waals surface area contributed by atoms with Crippen LogP contribution >= 0.6 is 0 Å². The number of amides is 1. The van der Waals surface area contributed by atoms with E-state index in [4.69, 9.17) is 18.6 Å². The first-order chi connectivity index (χ1) is 18.5. The molecule has 2 heterocycles. The molecule has 1 N–H and O–H groups in total. The van der Waals surface area contributed by atoms with Crippen LogP contribution in [0.2, 0.25) is 0 Å². The van der Waals surface area contributed by atoms with Crippen molar-refractivity contribution in [3.05, 3.63) is 95.5 Å². The fourth-order valence-corrected chi connectivity index (χ4v) is 4.62. The largest absolute Gasteiger partial charge is 0.503 e. The molecule has 0 bridgehead atoms. The highest BCUT2D eigenvalue weighted by Gasteiger charge is 2.45. The molecule has 0 fully saturated rings. The maximum Gasteiger partial charge on any atom is 0.294 e. The maximum atomic E-state index is 13.9. The Kier molecular flexibility index (Phi) is 6.79. The Bertz CT molecular complexity index is 1550. The number of hydrogen-bond donors (Lipinski definition) is 1. The summed E-state index contributed by atoms with van der Waals surface area (Å²) in [5, 5.41) is 11.8. The molecule has 194 valence electrons. The minimum atomic E-state index is -0.943. The zero-order chi connectivity index (χ0) is 26.8. The number of Topliss-reactive ketones (excluding diaryl/α,β-unsaturated/α-hetero) is 1. The Balaban J connectivity index is 1.64. The number of benzene rings is 3. The van der Waals surface area contributed by atoms with Gasteiger partial charge >= 0.3 is 0 Å². The third kappa shape index (κ3) is 4.34. The van der Waals surface area contributed by atoms with Gasteiger partial charge in [0.15, 0.2) is 22.9 Å². The summed E-state index contributed by atoms with van der Waals surface area (Å²) in [4.78, 5) is 28.8. The molecule has 1 aliphatic heterocycles. The quantitative estimate of drug-likeness (QED) is 0.273. The second-order valence-corrected chi connectivity index (χ2v) is 8.78. The first-order valence-electron chi connectivity index (χ1n) is 12.2. The number of ether oxygens (including phenoxy) is 3. The molecule has 1 atom stereocenters. The second-order valence-electron chi connectivity index (χ2n) is 8.78. The van der Waals surface area contributed by atoms with Crippen LogP contribution in [-0.4, -0.2) is 37.6 Å². The fraction of sp³-hybridized carbons (Fsp3) is 0.200. The smallest absolute Gasteiger partial charge is 0.294 e. The lowest BCUT2D eigenvalue weighted by Crippen LogP contribution is -2.31. The van der Waals surface area contributed by atoms with Crippen LogP contribution in [0.15, 0.2) is 88.5 Å². The number of methoxy groups -OCH3 is 2. The molecule has 0 aliphatic carbocycles. The third-order valence-electron chi connectivity index (χ3n) is 6.38. The van der Waals surface area contributed by atoms with E-state index in [9.17, 15) is 14.7 Å². The number of carbonyl (C=O) groups is 2. The highest BCUT2D eigenvalue weighted by Crippen LogP contribution is 2.44. The number of aliphatic hydroxyl groups is 1. The summed E-state index contributed by atoms with van der Waals surface area (Å²) in [7, 11) is 3.05. The molecule has 1 aliphatic rings. The average molecular weight is 514 g/mol. The summed E-state index contributed by atoms with van der Waals surface area (Å²) in [6, 6.07) is 20.0.